The molecule has 0 aliphatic heterocycles. The fourth-order valence-corrected chi connectivity index (χ4v) is 1.43. The maximum absolute atomic E-state index is 10.7. The number of nitrogens with zero attached hydrogens (tertiary/aromatic N) is 1. The third-order valence-corrected chi connectivity index (χ3v) is 2.71. The van der Waals surface area contributed by atoms with Gasteiger partial charge in [0.1, 0.15) is 6.07 Å². The summed E-state index contributed by atoms with van der Waals surface area (Å²) >= 11 is 8.77. The minimum Gasteiger partial charge on any atom is -0.478 e. The van der Waals surface area contributed by atoms with E-state index in [-0.39, 0.29) is 16.1 Å². The lowest BCUT2D eigenvalue weighted by atomic mass is 10.1. The molecule has 0 unspecified atom stereocenters. The Morgan fingerprint density at radius 3 is 2.69 bits per heavy atom. The number of carboxylic acids is 1. The van der Waals surface area contributed by atoms with Crippen LogP contribution in [-0.4, -0.2) is 11.1 Å². The summed E-state index contributed by atoms with van der Waals surface area (Å²) in [4.78, 5) is 10.7. The Labute approximate surface area is 87.7 Å². The van der Waals surface area contributed by atoms with Crippen LogP contribution in [0, 0.1) is 11.3 Å². The van der Waals surface area contributed by atoms with E-state index in [9.17, 15) is 4.79 Å². The van der Waals surface area contributed by atoms with Crippen LogP contribution >= 0.6 is 27.5 Å². The number of aromatic carboxylic acids is 1. The second kappa shape index (κ2) is 3.77. The molecule has 0 atom stereocenters. The predicted octanol–water partition coefficient (Wildman–Crippen LogP) is 2.67. The highest BCUT2D eigenvalue weighted by molar-refractivity contribution is 9.10. The summed E-state index contributed by atoms with van der Waals surface area (Å²) in [7, 11) is 0. The molecule has 0 aliphatic rings. The molecule has 1 rings (SSSR count). The molecule has 0 amide bonds. The fourth-order valence-electron chi connectivity index (χ4n) is 0.853. The van der Waals surface area contributed by atoms with E-state index in [4.69, 9.17) is 22.0 Å². The number of nitriles is 1. The summed E-state index contributed by atoms with van der Waals surface area (Å²) in [6.45, 7) is 0. The van der Waals surface area contributed by atoms with Crippen molar-refractivity contribution in [1.29, 1.82) is 5.26 Å². The van der Waals surface area contributed by atoms with Gasteiger partial charge in [0.25, 0.3) is 0 Å². The minimum absolute atomic E-state index is 0.0477. The van der Waals surface area contributed by atoms with Crippen LogP contribution in [0.25, 0.3) is 0 Å². The van der Waals surface area contributed by atoms with Gasteiger partial charge in [-0.2, -0.15) is 5.26 Å². The Kier molecular flexibility index (Phi) is 2.91. The Bertz CT molecular complexity index is 411. The molecule has 0 spiro atoms. The molecule has 0 saturated heterocycles. The number of benzene rings is 1. The highest BCUT2D eigenvalue weighted by atomic mass is 79.9. The maximum atomic E-state index is 10.7. The average molecular weight is 260 g/mol. The lowest BCUT2D eigenvalue weighted by molar-refractivity contribution is 0.0696. The van der Waals surface area contributed by atoms with Crippen molar-refractivity contribution in [3.63, 3.8) is 0 Å². The molecule has 1 aromatic carbocycles. The highest BCUT2D eigenvalue weighted by Gasteiger charge is 2.16. The zero-order valence-electron chi connectivity index (χ0n) is 6.21. The van der Waals surface area contributed by atoms with Crippen molar-refractivity contribution in [2.24, 2.45) is 0 Å². The number of hydrogen-bond acceptors (Lipinski definition) is 2. The van der Waals surface area contributed by atoms with Crippen LogP contribution in [0.5, 0.6) is 0 Å². The van der Waals surface area contributed by atoms with Gasteiger partial charge in [-0.1, -0.05) is 11.6 Å². The van der Waals surface area contributed by atoms with E-state index in [1.54, 1.807) is 6.07 Å². The van der Waals surface area contributed by atoms with Gasteiger partial charge in [-0.25, -0.2) is 4.79 Å². The SMILES string of the molecule is N#Cc1ccc(Br)c(Cl)c1C(=O)O. The van der Waals surface area contributed by atoms with Gasteiger partial charge in [-0.05, 0) is 28.1 Å². The van der Waals surface area contributed by atoms with Gasteiger partial charge < -0.3 is 5.11 Å². The van der Waals surface area contributed by atoms with E-state index in [0.29, 0.717) is 4.47 Å². The quantitative estimate of drug-likeness (QED) is 0.844. The second-order valence-corrected chi connectivity index (χ2v) is 3.43. The van der Waals surface area contributed by atoms with Gasteiger partial charge in [-0.3, -0.25) is 0 Å². The first-order valence-corrected chi connectivity index (χ1v) is 4.36. The summed E-state index contributed by atoms with van der Waals surface area (Å²) in [6, 6.07) is 4.70. The largest absolute Gasteiger partial charge is 0.478 e. The fraction of sp³-hybridized carbons (Fsp3) is 0. The molecule has 1 N–H and O–H groups in total. The summed E-state index contributed by atoms with van der Waals surface area (Å²) in [5.41, 5.74) is -0.112. The van der Waals surface area contributed by atoms with Crippen LogP contribution in [0.15, 0.2) is 16.6 Å². The molecule has 3 nitrogen and oxygen atoms in total. The molecule has 0 heterocycles. The number of carbonyl (C=O) groups is 1. The summed E-state index contributed by atoms with van der Waals surface area (Å²) < 4.78 is 0.463. The molecule has 66 valence electrons. The molecule has 1 aromatic rings. The van der Waals surface area contributed by atoms with Crippen molar-refractivity contribution < 1.29 is 9.90 Å². The molecular weight excluding hydrogens is 257 g/mol. The minimum atomic E-state index is -1.21. The number of halogens is 2. The smallest absolute Gasteiger partial charge is 0.338 e. The molecule has 0 radical (unpaired) electrons. The van der Waals surface area contributed by atoms with Crippen molar-refractivity contribution in [3.8, 4) is 6.07 Å². The Hall–Kier alpha value is -1.05. The normalized spacial score (nSPS) is 9.31. The zero-order chi connectivity index (χ0) is 10.0. The van der Waals surface area contributed by atoms with E-state index in [0.717, 1.165) is 0 Å². The third kappa shape index (κ3) is 1.82. The van der Waals surface area contributed by atoms with Crippen molar-refractivity contribution in [1.82, 2.24) is 0 Å². The molecule has 0 aliphatic carbocycles. The number of carboxylic acid groups (broad SMARTS) is 1. The van der Waals surface area contributed by atoms with Crippen molar-refractivity contribution in [2.75, 3.05) is 0 Å². The standard InChI is InChI=1S/C8H3BrClNO2/c9-5-2-1-4(3-11)6(7(5)10)8(12)13/h1-2H,(H,12,13). The zero-order valence-corrected chi connectivity index (χ0v) is 8.56. The molecule has 0 fully saturated rings. The molecule has 0 aromatic heterocycles. The Morgan fingerprint density at radius 1 is 1.62 bits per heavy atom. The van der Waals surface area contributed by atoms with Crippen LogP contribution in [0.4, 0.5) is 0 Å². The number of rotatable bonds is 1. The highest BCUT2D eigenvalue weighted by Crippen LogP contribution is 2.28. The lowest BCUT2D eigenvalue weighted by Crippen LogP contribution is -2.01. The van der Waals surface area contributed by atoms with Crippen LogP contribution < -0.4 is 0 Å². The van der Waals surface area contributed by atoms with Crippen LogP contribution in [0.1, 0.15) is 15.9 Å². The molecule has 0 bridgehead atoms. The van der Waals surface area contributed by atoms with Gasteiger partial charge in [-0.15, -0.1) is 0 Å². The van der Waals surface area contributed by atoms with Crippen molar-refractivity contribution >= 4 is 33.5 Å². The van der Waals surface area contributed by atoms with Gasteiger partial charge >= 0.3 is 5.97 Å². The Balaban J connectivity index is 3.53. The predicted molar refractivity (Wildman–Crippen MR) is 50.8 cm³/mol. The first kappa shape index (κ1) is 10.0. The van der Waals surface area contributed by atoms with Gasteiger partial charge in [0.15, 0.2) is 0 Å². The van der Waals surface area contributed by atoms with Gasteiger partial charge in [0, 0.05) is 4.47 Å². The Morgan fingerprint density at radius 2 is 2.23 bits per heavy atom. The monoisotopic (exact) mass is 259 g/mol. The first-order valence-electron chi connectivity index (χ1n) is 3.19. The van der Waals surface area contributed by atoms with E-state index in [1.165, 1.54) is 12.1 Å². The van der Waals surface area contributed by atoms with Crippen LogP contribution in [0.3, 0.4) is 0 Å². The summed E-state index contributed by atoms with van der Waals surface area (Å²) in [5, 5.41) is 17.4. The van der Waals surface area contributed by atoms with Crippen molar-refractivity contribution in [3.05, 3.63) is 32.8 Å². The van der Waals surface area contributed by atoms with Crippen molar-refractivity contribution in [2.45, 2.75) is 0 Å². The van der Waals surface area contributed by atoms with E-state index >= 15 is 0 Å². The van der Waals surface area contributed by atoms with Gasteiger partial charge in [0.2, 0.25) is 0 Å². The summed E-state index contributed by atoms with van der Waals surface area (Å²) in [6.07, 6.45) is 0. The van der Waals surface area contributed by atoms with E-state index < -0.39 is 5.97 Å². The van der Waals surface area contributed by atoms with Gasteiger partial charge in [0.05, 0.1) is 16.1 Å². The van der Waals surface area contributed by atoms with E-state index in [2.05, 4.69) is 15.9 Å². The molecular formula is C8H3BrClNO2. The second-order valence-electron chi connectivity index (χ2n) is 2.20. The molecule has 13 heavy (non-hydrogen) atoms. The maximum Gasteiger partial charge on any atom is 0.338 e. The third-order valence-electron chi connectivity index (χ3n) is 1.43. The van der Waals surface area contributed by atoms with E-state index in [1.807, 2.05) is 0 Å². The molecule has 5 heteroatoms. The first-order chi connectivity index (χ1) is 6.07. The number of hydrogen-bond donors (Lipinski definition) is 1. The topological polar surface area (TPSA) is 61.1 Å². The lowest BCUT2D eigenvalue weighted by Gasteiger charge is -2.02. The molecule has 0 saturated carbocycles. The van der Waals surface area contributed by atoms with Crippen LogP contribution in [0.2, 0.25) is 5.02 Å². The average Bonchev–Trinajstić information content (AvgIpc) is 2.08. The van der Waals surface area contributed by atoms with Crippen LogP contribution in [-0.2, 0) is 0 Å². The summed E-state index contributed by atoms with van der Waals surface area (Å²) in [5.74, 6) is -1.21.